The summed E-state index contributed by atoms with van der Waals surface area (Å²) in [7, 11) is 0. The van der Waals surface area contributed by atoms with E-state index in [2.05, 4.69) is 41.4 Å². The van der Waals surface area contributed by atoms with Crippen molar-refractivity contribution in [3.05, 3.63) is 47.1 Å². The van der Waals surface area contributed by atoms with Gasteiger partial charge in [-0.2, -0.15) is 4.98 Å². The Kier molecular flexibility index (Phi) is 7.13. The molecular weight excluding hydrogens is 340 g/mol. The number of nitrogens with one attached hydrogen (secondary N) is 1. The molecule has 6 heteroatoms. The summed E-state index contributed by atoms with van der Waals surface area (Å²) < 4.78 is 5.24. The van der Waals surface area contributed by atoms with E-state index < -0.39 is 0 Å². The van der Waals surface area contributed by atoms with E-state index in [0.29, 0.717) is 43.4 Å². The average Bonchev–Trinajstić information content (AvgIpc) is 3.09. The van der Waals surface area contributed by atoms with Gasteiger partial charge in [-0.3, -0.25) is 4.79 Å². The number of carbonyl (C=O) groups is 1. The van der Waals surface area contributed by atoms with Crippen molar-refractivity contribution >= 4 is 5.91 Å². The van der Waals surface area contributed by atoms with Gasteiger partial charge >= 0.3 is 0 Å². The van der Waals surface area contributed by atoms with E-state index in [4.69, 9.17) is 10.3 Å². The molecule has 1 unspecified atom stereocenters. The first-order chi connectivity index (χ1) is 12.7. The first-order valence-electron chi connectivity index (χ1n) is 9.62. The molecule has 0 aliphatic carbocycles. The van der Waals surface area contributed by atoms with Gasteiger partial charge in [0.15, 0.2) is 5.82 Å². The highest BCUT2D eigenvalue weighted by atomic mass is 16.5. The first kappa shape index (κ1) is 21.1. The Morgan fingerprint density at radius 2 is 1.81 bits per heavy atom. The maximum absolute atomic E-state index is 12.0. The molecule has 27 heavy (non-hydrogen) atoms. The molecule has 1 aromatic carbocycles. The summed E-state index contributed by atoms with van der Waals surface area (Å²) in [5.41, 5.74) is 8.36. The summed E-state index contributed by atoms with van der Waals surface area (Å²) >= 11 is 0. The number of rotatable bonds is 8. The van der Waals surface area contributed by atoms with Crippen LogP contribution in [0.4, 0.5) is 0 Å². The second-order valence-electron chi connectivity index (χ2n) is 8.35. The quantitative estimate of drug-likeness (QED) is 0.738. The zero-order valence-corrected chi connectivity index (χ0v) is 17.1. The Morgan fingerprint density at radius 1 is 1.19 bits per heavy atom. The molecular formula is C21H32N4O2. The summed E-state index contributed by atoms with van der Waals surface area (Å²) in [5, 5.41) is 6.90. The lowest BCUT2D eigenvalue weighted by Crippen LogP contribution is -2.31. The molecule has 1 atom stereocenters. The monoisotopic (exact) mass is 372 g/mol. The third-order valence-electron chi connectivity index (χ3n) is 4.48. The molecule has 0 spiro atoms. The van der Waals surface area contributed by atoms with Crippen LogP contribution in [0.5, 0.6) is 0 Å². The van der Waals surface area contributed by atoms with Gasteiger partial charge in [0.05, 0.1) is 0 Å². The summed E-state index contributed by atoms with van der Waals surface area (Å²) in [6.07, 6.45) is 1.67. The van der Waals surface area contributed by atoms with Crippen LogP contribution in [0.1, 0.15) is 82.3 Å². The molecule has 0 radical (unpaired) electrons. The summed E-state index contributed by atoms with van der Waals surface area (Å²) in [6, 6.07) is 8.05. The van der Waals surface area contributed by atoms with Gasteiger partial charge < -0.3 is 15.6 Å². The molecule has 1 aromatic heterocycles. The number of hydrogen-bond donors (Lipinski definition) is 2. The Morgan fingerprint density at radius 3 is 2.37 bits per heavy atom. The van der Waals surface area contributed by atoms with Gasteiger partial charge in [-0.05, 0) is 23.5 Å². The van der Waals surface area contributed by atoms with E-state index in [1.54, 1.807) is 0 Å². The SMILES string of the molecule is CC(C)c1ccc(C(N)CNC(=O)CCCc2nc(C(C)(C)C)no2)cc1. The van der Waals surface area contributed by atoms with Crippen LogP contribution in [0.3, 0.4) is 0 Å². The Labute approximate surface area is 161 Å². The third kappa shape index (κ3) is 6.47. The second-order valence-corrected chi connectivity index (χ2v) is 8.35. The number of benzene rings is 1. The fourth-order valence-electron chi connectivity index (χ4n) is 2.62. The number of hydrogen-bond acceptors (Lipinski definition) is 5. The first-order valence-corrected chi connectivity index (χ1v) is 9.62. The molecule has 0 fully saturated rings. The molecule has 3 N–H and O–H groups in total. The van der Waals surface area contributed by atoms with E-state index in [-0.39, 0.29) is 17.4 Å². The summed E-state index contributed by atoms with van der Waals surface area (Å²) in [6.45, 7) is 10.9. The molecule has 2 aromatic rings. The molecule has 0 saturated carbocycles. The van der Waals surface area contributed by atoms with Gasteiger partial charge in [-0.1, -0.05) is 64.0 Å². The Hall–Kier alpha value is -2.21. The van der Waals surface area contributed by atoms with E-state index >= 15 is 0 Å². The summed E-state index contributed by atoms with van der Waals surface area (Å²) in [4.78, 5) is 16.4. The number of carbonyl (C=O) groups excluding carboxylic acids is 1. The fourth-order valence-corrected chi connectivity index (χ4v) is 2.62. The average molecular weight is 373 g/mol. The highest BCUT2D eigenvalue weighted by Gasteiger charge is 2.20. The van der Waals surface area contributed by atoms with Crippen LogP contribution in [0, 0.1) is 0 Å². The Balaban J connectivity index is 1.72. The predicted octanol–water partition coefficient (Wildman–Crippen LogP) is 3.63. The second kappa shape index (κ2) is 9.13. The van der Waals surface area contributed by atoms with Gasteiger partial charge in [0.1, 0.15) is 0 Å². The summed E-state index contributed by atoms with van der Waals surface area (Å²) in [5.74, 6) is 1.75. The van der Waals surface area contributed by atoms with Gasteiger partial charge in [0.25, 0.3) is 0 Å². The van der Waals surface area contributed by atoms with Crippen LogP contribution in [0.15, 0.2) is 28.8 Å². The highest BCUT2D eigenvalue weighted by molar-refractivity contribution is 5.75. The third-order valence-corrected chi connectivity index (χ3v) is 4.48. The van der Waals surface area contributed by atoms with Crippen molar-refractivity contribution in [3.63, 3.8) is 0 Å². The van der Waals surface area contributed by atoms with Gasteiger partial charge in [-0.15, -0.1) is 0 Å². The molecule has 0 saturated heterocycles. The zero-order chi connectivity index (χ0) is 20.0. The normalized spacial score (nSPS) is 13.0. The lowest BCUT2D eigenvalue weighted by atomic mass is 9.96. The van der Waals surface area contributed by atoms with Gasteiger partial charge in [0.2, 0.25) is 11.8 Å². The van der Waals surface area contributed by atoms with E-state index in [1.165, 1.54) is 5.56 Å². The minimum atomic E-state index is -0.208. The maximum Gasteiger partial charge on any atom is 0.226 e. The smallest absolute Gasteiger partial charge is 0.226 e. The number of amides is 1. The predicted molar refractivity (Wildman–Crippen MR) is 106 cm³/mol. The van der Waals surface area contributed by atoms with Gasteiger partial charge in [-0.25, -0.2) is 0 Å². The van der Waals surface area contributed by atoms with Crippen molar-refractivity contribution in [1.82, 2.24) is 15.5 Å². The fraction of sp³-hybridized carbons (Fsp3) is 0.571. The highest BCUT2D eigenvalue weighted by Crippen LogP contribution is 2.19. The Bertz CT molecular complexity index is 729. The number of aryl methyl sites for hydroxylation is 1. The number of aromatic nitrogens is 2. The number of nitrogens with zero attached hydrogens (tertiary/aromatic N) is 2. The van der Waals surface area contributed by atoms with Crippen molar-refractivity contribution in [2.75, 3.05) is 6.54 Å². The molecule has 148 valence electrons. The largest absolute Gasteiger partial charge is 0.354 e. The topological polar surface area (TPSA) is 94.0 Å². The van der Waals surface area contributed by atoms with E-state index in [1.807, 2.05) is 32.9 Å². The number of nitrogens with two attached hydrogens (primary N) is 1. The zero-order valence-electron chi connectivity index (χ0n) is 17.1. The van der Waals surface area contributed by atoms with Crippen molar-refractivity contribution in [2.45, 2.75) is 71.3 Å². The van der Waals surface area contributed by atoms with Crippen LogP contribution >= 0.6 is 0 Å². The van der Waals surface area contributed by atoms with Crippen molar-refractivity contribution in [3.8, 4) is 0 Å². The minimum absolute atomic E-state index is 0.0141. The van der Waals surface area contributed by atoms with Crippen LogP contribution in [-0.4, -0.2) is 22.6 Å². The van der Waals surface area contributed by atoms with Crippen molar-refractivity contribution < 1.29 is 9.32 Å². The minimum Gasteiger partial charge on any atom is -0.354 e. The molecule has 0 aliphatic rings. The van der Waals surface area contributed by atoms with Gasteiger partial charge in [0, 0.05) is 30.8 Å². The van der Waals surface area contributed by atoms with Crippen molar-refractivity contribution in [1.29, 1.82) is 0 Å². The molecule has 6 nitrogen and oxygen atoms in total. The standard InChI is InChI=1S/C21H32N4O2/c1-14(2)15-9-11-16(12-10-15)17(22)13-23-18(26)7-6-8-19-24-20(25-27-19)21(3,4)5/h9-12,14,17H,6-8,13,22H2,1-5H3,(H,23,26). The molecule has 1 heterocycles. The van der Waals surface area contributed by atoms with Crippen LogP contribution < -0.4 is 11.1 Å². The molecule has 0 aliphatic heterocycles. The molecule has 2 rings (SSSR count). The molecule has 0 bridgehead atoms. The van der Waals surface area contributed by atoms with Crippen LogP contribution in [0.2, 0.25) is 0 Å². The van der Waals surface area contributed by atoms with Crippen LogP contribution in [0.25, 0.3) is 0 Å². The lowest BCUT2D eigenvalue weighted by Gasteiger charge is -2.14. The van der Waals surface area contributed by atoms with Crippen LogP contribution in [-0.2, 0) is 16.6 Å². The lowest BCUT2D eigenvalue weighted by molar-refractivity contribution is -0.121. The molecule has 1 amide bonds. The van der Waals surface area contributed by atoms with E-state index in [0.717, 1.165) is 5.56 Å². The maximum atomic E-state index is 12.0. The van der Waals surface area contributed by atoms with Crippen molar-refractivity contribution in [2.24, 2.45) is 5.73 Å². The van der Waals surface area contributed by atoms with E-state index in [9.17, 15) is 4.79 Å².